The zero-order valence-electron chi connectivity index (χ0n) is 11.2. The molecular weight excluding hydrogens is 230 g/mol. The summed E-state index contributed by atoms with van der Waals surface area (Å²) in [5.74, 6) is -0.538. The number of amides is 1. The van der Waals surface area contributed by atoms with E-state index in [0.717, 1.165) is 19.3 Å². The smallest absolute Gasteiger partial charge is 0.268 e. The van der Waals surface area contributed by atoms with Gasteiger partial charge in [-0.1, -0.05) is 32.6 Å². The second-order valence-electron chi connectivity index (χ2n) is 4.73. The first-order valence-electron chi connectivity index (χ1n) is 6.57. The predicted octanol–water partition coefficient (Wildman–Crippen LogP) is 1.87. The van der Waals surface area contributed by atoms with Crippen molar-refractivity contribution in [2.45, 2.75) is 58.1 Å². The van der Waals surface area contributed by atoms with Crippen LogP contribution in [-0.2, 0) is 0 Å². The lowest BCUT2D eigenvalue weighted by Crippen LogP contribution is -2.20. The molecule has 0 aromatic carbocycles. The maximum Gasteiger partial charge on any atom is 0.268 e. The molecular formula is C13H23N3O2. The molecule has 0 spiro atoms. The number of aromatic nitrogens is 2. The van der Waals surface area contributed by atoms with Gasteiger partial charge in [0.05, 0.1) is 18.5 Å². The van der Waals surface area contributed by atoms with Crippen LogP contribution in [0.5, 0.6) is 0 Å². The van der Waals surface area contributed by atoms with Crippen molar-refractivity contribution in [1.29, 1.82) is 0 Å². The number of primary amides is 1. The van der Waals surface area contributed by atoms with Gasteiger partial charge < -0.3 is 15.4 Å². The highest BCUT2D eigenvalue weighted by molar-refractivity contribution is 5.90. The topological polar surface area (TPSA) is 81.1 Å². The van der Waals surface area contributed by atoms with E-state index in [4.69, 9.17) is 5.73 Å². The third-order valence-corrected chi connectivity index (χ3v) is 3.15. The van der Waals surface area contributed by atoms with Crippen molar-refractivity contribution < 1.29 is 9.90 Å². The lowest BCUT2D eigenvalue weighted by atomic mass is 10.0. The molecule has 0 radical (unpaired) electrons. The summed E-state index contributed by atoms with van der Waals surface area (Å²) in [4.78, 5) is 14.9. The van der Waals surface area contributed by atoms with Crippen LogP contribution in [0, 0.1) is 0 Å². The van der Waals surface area contributed by atoms with Gasteiger partial charge in [-0.25, -0.2) is 4.98 Å². The Bertz CT molecular complexity index is 374. The lowest BCUT2D eigenvalue weighted by molar-refractivity contribution is 0.0994. The summed E-state index contributed by atoms with van der Waals surface area (Å²) in [5, 5.41) is 9.81. The number of nitrogens with two attached hydrogens (primary N) is 1. The number of aliphatic hydroxyl groups is 1. The summed E-state index contributed by atoms with van der Waals surface area (Å²) in [5.41, 5.74) is 5.41. The van der Waals surface area contributed by atoms with E-state index >= 15 is 0 Å². The Morgan fingerprint density at radius 2 is 2.22 bits per heavy atom. The average Bonchev–Trinajstić information content (AvgIpc) is 2.77. The highest BCUT2D eigenvalue weighted by Gasteiger charge is 2.18. The monoisotopic (exact) mass is 253 g/mol. The van der Waals surface area contributed by atoms with Crippen LogP contribution in [0.2, 0.25) is 0 Å². The maximum atomic E-state index is 11.0. The van der Waals surface area contributed by atoms with E-state index in [2.05, 4.69) is 11.9 Å². The fourth-order valence-corrected chi connectivity index (χ4v) is 2.06. The minimum Gasteiger partial charge on any atom is -0.391 e. The van der Waals surface area contributed by atoms with Crippen molar-refractivity contribution in [1.82, 2.24) is 9.55 Å². The summed E-state index contributed by atoms with van der Waals surface area (Å²) >= 11 is 0. The van der Waals surface area contributed by atoms with Crippen molar-refractivity contribution >= 4 is 5.91 Å². The average molecular weight is 253 g/mol. The van der Waals surface area contributed by atoms with Gasteiger partial charge in [-0.15, -0.1) is 0 Å². The van der Waals surface area contributed by atoms with Gasteiger partial charge in [0, 0.05) is 6.20 Å². The van der Waals surface area contributed by atoms with Crippen LogP contribution in [0.15, 0.2) is 12.5 Å². The van der Waals surface area contributed by atoms with Gasteiger partial charge in [-0.3, -0.25) is 4.79 Å². The van der Waals surface area contributed by atoms with Gasteiger partial charge in [0.1, 0.15) is 5.69 Å². The summed E-state index contributed by atoms with van der Waals surface area (Å²) < 4.78 is 1.79. The Kier molecular flexibility index (Phi) is 5.85. The molecule has 3 N–H and O–H groups in total. The Morgan fingerprint density at radius 1 is 1.50 bits per heavy atom. The van der Waals surface area contributed by atoms with E-state index in [0.29, 0.717) is 0 Å². The first kappa shape index (κ1) is 14.7. The largest absolute Gasteiger partial charge is 0.391 e. The van der Waals surface area contributed by atoms with Crippen LogP contribution in [0.25, 0.3) is 0 Å². The highest BCUT2D eigenvalue weighted by atomic mass is 16.3. The molecule has 1 aromatic heterocycles. The molecule has 0 aliphatic carbocycles. The van der Waals surface area contributed by atoms with Gasteiger partial charge in [0.2, 0.25) is 0 Å². The van der Waals surface area contributed by atoms with Crippen molar-refractivity contribution in [3.05, 3.63) is 18.2 Å². The van der Waals surface area contributed by atoms with Crippen molar-refractivity contribution in [2.24, 2.45) is 5.73 Å². The van der Waals surface area contributed by atoms with Gasteiger partial charge in [-0.05, 0) is 13.3 Å². The third kappa shape index (κ3) is 4.14. The second-order valence-corrected chi connectivity index (χ2v) is 4.73. The SMILES string of the molecule is CCCCCC[C@@H]([C@@H](C)O)n1cnc(C(N)=O)c1. The molecule has 5 nitrogen and oxygen atoms in total. The standard InChI is InChI=1S/C13H23N3O2/c1-3-4-5-6-7-12(10(2)17)16-8-11(13(14)18)15-9-16/h8-10,12,17H,3-7H2,1-2H3,(H2,14,18)/t10-,12+/m1/s1. The minimum absolute atomic E-state index is 0.0394. The van der Waals surface area contributed by atoms with Crippen molar-refractivity contribution in [3.63, 3.8) is 0 Å². The van der Waals surface area contributed by atoms with Crippen LogP contribution in [0.3, 0.4) is 0 Å². The molecule has 18 heavy (non-hydrogen) atoms. The van der Waals surface area contributed by atoms with E-state index < -0.39 is 12.0 Å². The first-order chi connectivity index (χ1) is 8.56. The number of unbranched alkanes of at least 4 members (excludes halogenated alkanes) is 3. The number of carbonyl (C=O) groups is 1. The molecule has 0 fully saturated rings. The number of rotatable bonds is 8. The Balaban J connectivity index is 2.62. The van der Waals surface area contributed by atoms with Gasteiger partial charge in [-0.2, -0.15) is 0 Å². The molecule has 0 aliphatic heterocycles. The Morgan fingerprint density at radius 3 is 2.72 bits per heavy atom. The number of hydrogen-bond donors (Lipinski definition) is 2. The maximum absolute atomic E-state index is 11.0. The zero-order valence-corrected chi connectivity index (χ0v) is 11.2. The molecule has 102 valence electrons. The Hall–Kier alpha value is -1.36. The molecule has 0 bridgehead atoms. The quantitative estimate of drug-likeness (QED) is 0.694. The fourth-order valence-electron chi connectivity index (χ4n) is 2.06. The number of imidazole rings is 1. The normalized spacial score (nSPS) is 14.4. The number of aliphatic hydroxyl groups excluding tert-OH is 1. The fraction of sp³-hybridized carbons (Fsp3) is 0.692. The van der Waals surface area contributed by atoms with E-state index in [1.165, 1.54) is 12.8 Å². The van der Waals surface area contributed by atoms with Gasteiger partial charge in [0.15, 0.2) is 0 Å². The number of hydrogen-bond acceptors (Lipinski definition) is 3. The highest BCUT2D eigenvalue weighted by Crippen LogP contribution is 2.20. The first-order valence-corrected chi connectivity index (χ1v) is 6.57. The summed E-state index contributed by atoms with van der Waals surface area (Å²) in [7, 11) is 0. The number of carbonyl (C=O) groups excluding carboxylic acids is 1. The molecule has 1 amide bonds. The number of nitrogens with zero attached hydrogens (tertiary/aromatic N) is 2. The van der Waals surface area contributed by atoms with Crippen LogP contribution in [0.4, 0.5) is 0 Å². The molecule has 0 saturated carbocycles. The van der Waals surface area contributed by atoms with Crippen molar-refractivity contribution in [2.75, 3.05) is 0 Å². The van der Waals surface area contributed by atoms with E-state index in [9.17, 15) is 9.90 Å². The van der Waals surface area contributed by atoms with Gasteiger partial charge >= 0.3 is 0 Å². The van der Waals surface area contributed by atoms with E-state index in [1.807, 2.05) is 0 Å². The predicted molar refractivity (Wildman–Crippen MR) is 70.2 cm³/mol. The summed E-state index contributed by atoms with van der Waals surface area (Å²) in [6.07, 6.45) is 8.22. The molecule has 1 rings (SSSR count). The lowest BCUT2D eigenvalue weighted by Gasteiger charge is -2.21. The molecule has 1 heterocycles. The van der Waals surface area contributed by atoms with E-state index in [1.54, 1.807) is 24.0 Å². The molecule has 2 atom stereocenters. The van der Waals surface area contributed by atoms with Crippen LogP contribution in [0.1, 0.15) is 62.5 Å². The second kappa shape index (κ2) is 7.16. The minimum atomic E-state index is -0.538. The summed E-state index contributed by atoms with van der Waals surface area (Å²) in [6, 6.07) is -0.0394. The third-order valence-electron chi connectivity index (χ3n) is 3.15. The van der Waals surface area contributed by atoms with Gasteiger partial charge in [0.25, 0.3) is 5.91 Å². The van der Waals surface area contributed by atoms with Crippen LogP contribution >= 0.6 is 0 Å². The molecule has 0 aliphatic rings. The summed E-state index contributed by atoms with van der Waals surface area (Å²) in [6.45, 7) is 3.93. The molecule has 5 heteroatoms. The Labute approximate surface area is 108 Å². The van der Waals surface area contributed by atoms with Crippen molar-refractivity contribution in [3.8, 4) is 0 Å². The zero-order chi connectivity index (χ0) is 13.5. The molecule has 0 unspecified atom stereocenters. The molecule has 0 saturated heterocycles. The molecule has 1 aromatic rings. The van der Waals surface area contributed by atoms with Crippen LogP contribution < -0.4 is 5.73 Å². The van der Waals surface area contributed by atoms with Crippen LogP contribution in [-0.4, -0.2) is 26.7 Å². The van der Waals surface area contributed by atoms with E-state index in [-0.39, 0.29) is 11.7 Å².